The van der Waals surface area contributed by atoms with Gasteiger partial charge in [0, 0.05) is 19.2 Å². The first-order valence-electron chi connectivity index (χ1n) is 4.44. The van der Waals surface area contributed by atoms with Gasteiger partial charge in [-0.25, -0.2) is 4.79 Å². The van der Waals surface area contributed by atoms with Gasteiger partial charge in [-0.1, -0.05) is 0 Å². The van der Waals surface area contributed by atoms with Gasteiger partial charge in [-0.15, -0.1) is 0 Å². The fraction of sp³-hybridized carbons (Fsp3) is 0.500. The Morgan fingerprint density at radius 2 is 2.25 bits per heavy atom. The molecule has 0 aromatic carbocycles. The lowest BCUT2D eigenvalue weighted by molar-refractivity contribution is -0.134. The molecule has 0 amide bonds. The largest absolute Gasteiger partial charge is 0.396 e. The Hall–Kier alpha value is -0.710. The predicted octanol–water partition coefficient (Wildman–Crippen LogP) is -1.18. The van der Waals surface area contributed by atoms with Gasteiger partial charge in [0.15, 0.2) is 6.29 Å². The number of aliphatic hydroxyl groups excluding tert-OH is 2. The minimum absolute atomic E-state index is 0.0647. The fourth-order valence-electron chi connectivity index (χ4n) is 0.939. The molecule has 0 aliphatic rings. The molecule has 0 spiro atoms. The highest BCUT2D eigenvalue weighted by atomic mass is 127. The number of hydrogen-bond acceptors (Lipinski definition) is 5. The van der Waals surface area contributed by atoms with Crippen LogP contribution in [-0.4, -0.2) is 32.7 Å². The van der Waals surface area contributed by atoms with E-state index in [9.17, 15) is 9.59 Å². The molecule has 1 rings (SSSR count). The molecule has 0 bridgehead atoms. The molecule has 0 aliphatic heterocycles. The van der Waals surface area contributed by atoms with E-state index < -0.39 is 17.5 Å². The van der Waals surface area contributed by atoms with Crippen molar-refractivity contribution < 1.29 is 14.9 Å². The highest BCUT2D eigenvalue weighted by Crippen LogP contribution is 1.96. The van der Waals surface area contributed by atoms with Gasteiger partial charge in [-0.05, 0) is 22.6 Å². The molecule has 1 heterocycles. The van der Waals surface area contributed by atoms with Crippen molar-refractivity contribution in [3.63, 3.8) is 0 Å². The first kappa shape index (κ1) is 13.4. The Labute approximate surface area is 104 Å². The van der Waals surface area contributed by atoms with Crippen molar-refractivity contribution in [1.29, 1.82) is 0 Å². The third kappa shape index (κ3) is 3.70. The van der Waals surface area contributed by atoms with Crippen molar-refractivity contribution in [3.05, 3.63) is 30.6 Å². The summed E-state index contributed by atoms with van der Waals surface area (Å²) in [4.78, 5) is 24.4. The van der Waals surface area contributed by atoms with Crippen molar-refractivity contribution in [2.45, 2.75) is 19.4 Å². The third-order valence-electron chi connectivity index (χ3n) is 1.75. The molecule has 0 saturated heterocycles. The van der Waals surface area contributed by atoms with Gasteiger partial charge in [0.1, 0.15) is 6.73 Å². The molecule has 1 aromatic heterocycles. The van der Waals surface area contributed by atoms with Crippen LogP contribution in [0.1, 0.15) is 6.42 Å². The van der Waals surface area contributed by atoms with Gasteiger partial charge >= 0.3 is 5.69 Å². The second kappa shape index (κ2) is 6.13. The minimum Gasteiger partial charge on any atom is -0.396 e. The summed E-state index contributed by atoms with van der Waals surface area (Å²) in [5.41, 5.74) is -1.07. The lowest BCUT2D eigenvalue weighted by Gasteiger charge is -2.11. The molecule has 0 fully saturated rings. The number of nitrogens with zero attached hydrogens (tertiary/aromatic N) is 1. The zero-order chi connectivity index (χ0) is 12.1. The molecular formula is C8H11IN2O5. The summed E-state index contributed by atoms with van der Waals surface area (Å²) in [6.45, 7) is -0.397. The number of aromatic amines is 1. The molecule has 0 aliphatic carbocycles. The van der Waals surface area contributed by atoms with Gasteiger partial charge in [0.05, 0.1) is 3.57 Å². The highest BCUT2D eigenvalue weighted by Gasteiger charge is 2.05. The van der Waals surface area contributed by atoms with Crippen LogP contribution in [-0.2, 0) is 11.5 Å². The smallest absolute Gasteiger partial charge is 0.330 e. The number of rotatable bonds is 5. The first-order chi connectivity index (χ1) is 7.54. The standard InChI is InChI=1S/C8H11IN2O5/c9-5-3-11(8(15)10-7(5)14)4-16-6(13)1-2-12/h3,6,12-13H,1-2,4H2,(H,10,14,15). The van der Waals surface area contributed by atoms with Gasteiger partial charge in [0.25, 0.3) is 5.56 Å². The van der Waals surface area contributed by atoms with E-state index in [4.69, 9.17) is 14.9 Å². The van der Waals surface area contributed by atoms with Crippen LogP contribution >= 0.6 is 22.6 Å². The molecule has 1 aromatic rings. The van der Waals surface area contributed by atoms with Crippen LogP contribution in [0.15, 0.2) is 15.8 Å². The first-order valence-corrected chi connectivity index (χ1v) is 5.52. The van der Waals surface area contributed by atoms with E-state index in [1.165, 1.54) is 6.20 Å². The number of hydrogen-bond donors (Lipinski definition) is 3. The van der Waals surface area contributed by atoms with Crippen molar-refractivity contribution >= 4 is 22.6 Å². The maximum Gasteiger partial charge on any atom is 0.330 e. The van der Waals surface area contributed by atoms with Gasteiger partial charge in [0.2, 0.25) is 0 Å². The molecule has 7 nitrogen and oxygen atoms in total. The minimum atomic E-state index is -1.14. The van der Waals surface area contributed by atoms with Crippen molar-refractivity contribution in [1.82, 2.24) is 9.55 Å². The van der Waals surface area contributed by atoms with Crippen LogP contribution in [0.4, 0.5) is 0 Å². The van der Waals surface area contributed by atoms with Crippen LogP contribution in [0.25, 0.3) is 0 Å². The van der Waals surface area contributed by atoms with E-state index in [2.05, 4.69) is 4.98 Å². The SMILES string of the molecule is O=c1[nH]c(=O)n(COC(O)CCO)cc1I. The van der Waals surface area contributed by atoms with Crippen LogP contribution in [0, 0.1) is 3.57 Å². The molecule has 1 unspecified atom stereocenters. The van der Waals surface area contributed by atoms with Crippen molar-refractivity contribution in [3.8, 4) is 0 Å². The lowest BCUT2D eigenvalue weighted by Crippen LogP contribution is -2.32. The van der Waals surface area contributed by atoms with Gasteiger partial charge in [-0.3, -0.25) is 14.3 Å². The summed E-state index contributed by atoms with van der Waals surface area (Å²) in [6, 6.07) is 0. The van der Waals surface area contributed by atoms with Crippen LogP contribution in [0.2, 0.25) is 0 Å². The normalized spacial score (nSPS) is 12.7. The maximum absolute atomic E-state index is 11.3. The van der Waals surface area contributed by atoms with Crippen molar-refractivity contribution in [2.75, 3.05) is 6.61 Å². The molecule has 3 N–H and O–H groups in total. The van der Waals surface area contributed by atoms with Crippen LogP contribution in [0.5, 0.6) is 0 Å². The molecule has 90 valence electrons. The number of aliphatic hydroxyl groups is 2. The Balaban J connectivity index is 2.71. The second-order valence-electron chi connectivity index (χ2n) is 2.97. The topological polar surface area (TPSA) is 105 Å². The summed E-state index contributed by atoms with van der Waals surface area (Å²) in [6.07, 6.45) is 0.254. The van der Waals surface area contributed by atoms with Gasteiger partial charge in [-0.2, -0.15) is 0 Å². The Morgan fingerprint density at radius 3 is 2.88 bits per heavy atom. The molecular weight excluding hydrogens is 331 g/mol. The number of halogens is 1. The van der Waals surface area contributed by atoms with E-state index in [1.54, 1.807) is 22.6 Å². The number of H-pyrrole nitrogens is 1. The zero-order valence-corrected chi connectivity index (χ0v) is 10.4. The summed E-state index contributed by atoms with van der Waals surface area (Å²) < 4.78 is 6.34. The maximum atomic E-state index is 11.3. The number of aromatic nitrogens is 2. The van der Waals surface area contributed by atoms with E-state index in [0.29, 0.717) is 3.57 Å². The molecule has 0 saturated carbocycles. The lowest BCUT2D eigenvalue weighted by atomic mass is 10.4. The monoisotopic (exact) mass is 342 g/mol. The summed E-state index contributed by atoms with van der Waals surface area (Å²) in [7, 11) is 0. The Morgan fingerprint density at radius 1 is 1.56 bits per heavy atom. The Kier molecular flexibility index (Phi) is 5.12. The fourth-order valence-corrected chi connectivity index (χ4v) is 1.41. The average molecular weight is 342 g/mol. The third-order valence-corrected chi connectivity index (χ3v) is 2.52. The zero-order valence-electron chi connectivity index (χ0n) is 8.22. The summed E-state index contributed by atoms with van der Waals surface area (Å²) >= 11 is 1.78. The quantitative estimate of drug-likeness (QED) is 0.461. The van der Waals surface area contributed by atoms with Crippen molar-refractivity contribution in [2.24, 2.45) is 0 Å². The van der Waals surface area contributed by atoms with E-state index in [0.717, 1.165) is 4.57 Å². The van der Waals surface area contributed by atoms with Crippen LogP contribution < -0.4 is 11.2 Å². The molecule has 8 heteroatoms. The summed E-state index contributed by atoms with van der Waals surface area (Å²) in [5, 5.41) is 17.7. The number of ether oxygens (including phenoxy) is 1. The highest BCUT2D eigenvalue weighted by molar-refractivity contribution is 14.1. The Bertz CT molecular complexity index is 454. The number of nitrogens with one attached hydrogen (secondary N) is 1. The molecule has 16 heavy (non-hydrogen) atoms. The molecule has 0 radical (unpaired) electrons. The van der Waals surface area contributed by atoms with E-state index >= 15 is 0 Å². The van der Waals surface area contributed by atoms with E-state index in [-0.39, 0.29) is 19.8 Å². The molecule has 1 atom stereocenters. The second-order valence-corrected chi connectivity index (χ2v) is 4.13. The van der Waals surface area contributed by atoms with Gasteiger partial charge < -0.3 is 14.9 Å². The average Bonchev–Trinajstić information content (AvgIpc) is 2.22. The van der Waals surface area contributed by atoms with Crippen LogP contribution in [0.3, 0.4) is 0 Å². The summed E-state index contributed by atoms with van der Waals surface area (Å²) in [5.74, 6) is 0. The predicted molar refractivity (Wildman–Crippen MR) is 62.8 cm³/mol. The van der Waals surface area contributed by atoms with E-state index in [1.807, 2.05) is 0 Å².